The van der Waals surface area contributed by atoms with Crippen LogP contribution in [0.3, 0.4) is 0 Å². The fourth-order valence-corrected chi connectivity index (χ4v) is 1.60. The highest BCUT2D eigenvalue weighted by Gasteiger charge is 1.97. The smallest absolute Gasteiger partial charge is 0.261 e. The van der Waals surface area contributed by atoms with E-state index in [-0.39, 0.29) is 0 Å². The summed E-state index contributed by atoms with van der Waals surface area (Å²) in [6, 6.07) is 10.6. The molecule has 0 aliphatic carbocycles. The Morgan fingerprint density at radius 1 is 1.28 bits per heavy atom. The molecule has 0 spiro atoms. The summed E-state index contributed by atoms with van der Waals surface area (Å²) >= 11 is 0. The van der Waals surface area contributed by atoms with Gasteiger partial charge >= 0.3 is 0 Å². The van der Waals surface area contributed by atoms with Crippen molar-refractivity contribution in [3.63, 3.8) is 0 Å². The van der Waals surface area contributed by atoms with Gasteiger partial charge in [0.25, 0.3) is 10.1 Å². The maximum absolute atomic E-state index is 9.19. The molecular weight excluding hydrogens is 252 g/mol. The second-order valence-electron chi connectivity index (χ2n) is 3.94. The predicted molar refractivity (Wildman–Crippen MR) is 73.1 cm³/mol. The van der Waals surface area contributed by atoms with Gasteiger partial charge in [-0.2, -0.15) is 8.42 Å². The molecule has 0 radical (unpaired) electrons. The number of aryl methyl sites for hydroxylation is 1. The lowest BCUT2D eigenvalue weighted by molar-refractivity contribution is 0.490. The molecule has 0 fully saturated rings. The van der Waals surface area contributed by atoms with Crippen LogP contribution in [0, 0.1) is 0 Å². The largest absolute Gasteiger partial charge is 0.347 e. The summed E-state index contributed by atoms with van der Waals surface area (Å²) in [7, 11) is -3.67. The molecule has 100 valence electrons. The third kappa shape index (κ3) is 5.31. The Balaban J connectivity index is 0.000000280. The molecule has 1 aromatic heterocycles. The maximum atomic E-state index is 9.19. The molecule has 0 amide bonds. The number of nitrogens with two attached hydrogens (primary N) is 1. The van der Waals surface area contributed by atoms with Crippen LogP contribution in [-0.4, -0.2) is 30.3 Å². The van der Waals surface area contributed by atoms with Crippen molar-refractivity contribution in [1.82, 2.24) is 4.57 Å². The van der Waals surface area contributed by atoms with E-state index in [1.807, 2.05) is 0 Å². The third-order valence-corrected chi connectivity index (χ3v) is 2.28. The van der Waals surface area contributed by atoms with Crippen molar-refractivity contribution in [1.29, 1.82) is 0 Å². The molecule has 0 unspecified atom stereocenters. The van der Waals surface area contributed by atoms with Crippen LogP contribution in [0.15, 0.2) is 36.5 Å². The molecule has 1 aromatic carbocycles. The minimum atomic E-state index is -3.67. The lowest BCUT2D eigenvalue weighted by atomic mass is 10.2. The zero-order chi connectivity index (χ0) is 13.6. The first kappa shape index (κ1) is 14.7. The molecule has 0 aliphatic rings. The maximum Gasteiger partial charge on any atom is 0.261 e. The fraction of sp³-hybridized carbons (Fsp3) is 0.333. The van der Waals surface area contributed by atoms with E-state index in [2.05, 4.69) is 41.1 Å². The first-order valence-corrected chi connectivity index (χ1v) is 7.43. The van der Waals surface area contributed by atoms with E-state index in [1.54, 1.807) is 0 Å². The average Bonchev–Trinajstić information content (AvgIpc) is 2.67. The van der Waals surface area contributed by atoms with Crippen LogP contribution in [0.5, 0.6) is 0 Å². The standard InChI is InChI=1S/C11H14N2.CH4O3S/c12-7-3-8-13-9-6-10-4-1-2-5-11(10)13;1-5(2,3)4/h1-2,4-6,9H,3,7-8,12H2;1H3,(H,2,3,4). The van der Waals surface area contributed by atoms with E-state index < -0.39 is 10.1 Å². The molecule has 0 bridgehead atoms. The zero-order valence-corrected chi connectivity index (χ0v) is 11.1. The Kier molecular flexibility index (Phi) is 5.33. The number of aromatic nitrogens is 1. The minimum absolute atomic E-state index is 0.715. The van der Waals surface area contributed by atoms with E-state index in [4.69, 9.17) is 10.3 Å². The summed E-state index contributed by atoms with van der Waals surface area (Å²) in [5.74, 6) is 0. The zero-order valence-electron chi connectivity index (χ0n) is 10.3. The molecule has 5 nitrogen and oxygen atoms in total. The van der Waals surface area contributed by atoms with Gasteiger partial charge in [-0.15, -0.1) is 0 Å². The van der Waals surface area contributed by atoms with Crippen molar-refractivity contribution in [3.05, 3.63) is 36.5 Å². The molecule has 18 heavy (non-hydrogen) atoms. The lowest BCUT2D eigenvalue weighted by Gasteiger charge is -2.02. The first-order valence-electron chi connectivity index (χ1n) is 5.58. The topological polar surface area (TPSA) is 85.3 Å². The fourth-order valence-electron chi connectivity index (χ4n) is 1.60. The van der Waals surface area contributed by atoms with Crippen LogP contribution >= 0.6 is 0 Å². The number of nitrogens with zero attached hydrogens (tertiary/aromatic N) is 1. The van der Waals surface area contributed by atoms with Gasteiger partial charge in [-0.25, -0.2) is 0 Å². The van der Waals surface area contributed by atoms with Crippen molar-refractivity contribution in [2.75, 3.05) is 12.8 Å². The van der Waals surface area contributed by atoms with Gasteiger partial charge in [0.05, 0.1) is 6.26 Å². The summed E-state index contributed by atoms with van der Waals surface area (Å²) in [6.07, 6.45) is 3.88. The molecule has 1 heterocycles. The molecule has 2 aromatic rings. The summed E-state index contributed by atoms with van der Waals surface area (Å²) < 4.78 is 28.1. The van der Waals surface area contributed by atoms with Gasteiger partial charge in [0.2, 0.25) is 0 Å². The highest BCUT2D eigenvalue weighted by atomic mass is 32.2. The quantitative estimate of drug-likeness (QED) is 0.827. The van der Waals surface area contributed by atoms with E-state index in [0.29, 0.717) is 6.26 Å². The molecule has 0 aliphatic heterocycles. The molecular formula is C12H18N2O3S. The highest BCUT2D eigenvalue weighted by molar-refractivity contribution is 7.85. The lowest BCUT2D eigenvalue weighted by Crippen LogP contribution is -2.04. The molecule has 0 atom stereocenters. The van der Waals surface area contributed by atoms with Crippen molar-refractivity contribution < 1.29 is 13.0 Å². The SMILES string of the molecule is CS(=O)(=O)O.NCCCn1ccc2ccccc21. The highest BCUT2D eigenvalue weighted by Crippen LogP contribution is 2.14. The number of benzene rings is 1. The second-order valence-corrected chi connectivity index (χ2v) is 5.41. The van der Waals surface area contributed by atoms with Gasteiger partial charge in [0, 0.05) is 18.3 Å². The van der Waals surface area contributed by atoms with Gasteiger partial charge in [-0.1, -0.05) is 18.2 Å². The Morgan fingerprint density at radius 2 is 1.89 bits per heavy atom. The van der Waals surface area contributed by atoms with Crippen LogP contribution in [0.2, 0.25) is 0 Å². The van der Waals surface area contributed by atoms with Crippen LogP contribution in [-0.2, 0) is 16.7 Å². The van der Waals surface area contributed by atoms with E-state index in [1.165, 1.54) is 10.9 Å². The monoisotopic (exact) mass is 270 g/mol. The second kappa shape index (κ2) is 6.53. The van der Waals surface area contributed by atoms with E-state index >= 15 is 0 Å². The Morgan fingerprint density at radius 3 is 2.50 bits per heavy atom. The van der Waals surface area contributed by atoms with Crippen LogP contribution < -0.4 is 5.73 Å². The van der Waals surface area contributed by atoms with Gasteiger partial charge in [-0.05, 0) is 30.5 Å². The molecule has 0 saturated heterocycles. The Bertz CT molecular complexity index is 582. The number of rotatable bonds is 3. The summed E-state index contributed by atoms with van der Waals surface area (Å²) in [5.41, 5.74) is 6.78. The number of hydrogen-bond acceptors (Lipinski definition) is 3. The Hall–Kier alpha value is -1.37. The van der Waals surface area contributed by atoms with Gasteiger partial charge < -0.3 is 10.3 Å². The van der Waals surface area contributed by atoms with Gasteiger partial charge in [-0.3, -0.25) is 4.55 Å². The van der Waals surface area contributed by atoms with Crippen molar-refractivity contribution in [2.45, 2.75) is 13.0 Å². The van der Waals surface area contributed by atoms with Crippen molar-refractivity contribution in [2.24, 2.45) is 5.73 Å². The van der Waals surface area contributed by atoms with Crippen molar-refractivity contribution >= 4 is 21.0 Å². The van der Waals surface area contributed by atoms with Gasteiger partial charge in [0.15, 0.2) is 0 Å². The third-order valence-electron chi connectivity index (χ3n) is 2.28. The molecule has 6 heteroatoms. The number of para-hydroxylation sites is 1. The molecule has 3 N–H and O–H groups in total. The van der Waals surface area contributed by atoms with Crippen LogP contribution in [0.1, 0.15) is 6.42 Å². The molecule has 2 rings (SSSR count). The predicted octanol–water partition coefficient (Wildman–Crippen LogP) is 1.49. The summed E-state index contributed by atoms with van der Waals surface area (Å²) in [4.78, 5) is 0. The normalized spacial score (nSPS) is 11.1. The van der Waals surface area contributed by atoms with E-state index in [0.717, 1.165) is 19.5 Å². The summed E-state index contributed by atoms with van der Waals surface area (Å²) in [6.45, 7) is 1.77. The number of fused-ring (bicyclic) bond motifs is 1. The Labute approximate surface area is 107 Å². The average molecular weight is 270 g/mol. The summed E-state index contributed by atoms with van der Waals surface area (Å²) in [5, 5.41) is 1.31. The van der Waals surface area contributed by atoms with Gasteiger partial charge in [0.1, 0.15) is 0 Å². The first-order chi connectivity index (χ1) is 8.42. The van der Waals surface area contributed by atoms with Crippen molar-refractivity contribution in [3.8, 4) is 0 Å². The van der Waals surface area contributed by atoms with Crippen LogP contribution in [0.4, 0.5) is 0 Å². The van der Waals surface area contributed by atoms with Crippen LogP contribution in [0.25, 0.3) is 10.9 Å². The minimum Gasteiger partial charge on any atom is -0.347 e. The van der Waals surface area contributed by atoms with E-state index in [9.17, 15) is 8.42 Å². The number of hydrogen-bond donors (Lipinski definition) is 2. The molecule has 0 saturated carbocycles.